The van der Waals surface area contributed by atoms with E-state index in [1.165, 1.54) is 45.0 Å². The van der Waals surface area contributed by atoms with Crippen LogP contribution in [-0.4, -0.2) is 9.78 Å². The summed E-state index contributed by atoms with van der Waals surface area (Å²) in [7, 11) is 0. The standard InChI is InChI=1S/C57H46N4/c1-56(2)45-26-14-18-30-50(45)60(51-31-19-15-27-46(51)56)44-36-37-52-48(38-44)57(3,4)47-28-16-17-29-49(47)59(52)42-34-32-39(33-35-42)53-54(40-20-8-5-9-21-40)58-61(43-24-12-7-13-25-43)55(53)41-22-10-6-11-23-41/h5-38H,1-4H3. The van der Waals surface area contributed by atoms with Crippen molar-refractivity contribution in [3.8, 4) is 39.3 Å². The fraction of sp³-hybridized carbons (Fsp3) is 0.105. The highest BCUT2D eigenvalue weighted by Crippen LogP contribution is 2.56. The second-order valence-electron chi connectivity index (χ2n) is 17.3. The van der Waals surface area contributed by atoms with E-state index in [-0.39, 0.29) is 10.8 Å². The number of hydrogen-bond donors (Lipinski definition) is 0. The molecule has 2 aliphatic rings. The Hall–Kier alpha value is -7.43. The van der Waals surface area contributed by atoms with E-state index in [0.29, 0.717) is 0 Å². The lowest BCUT2D eigenvalue weighted by molar-refractivity contribution is 0.628. The predicted molar refractivity (Wildman–Crippen MR) is 253 cm³/mol. The first kappa shape index (κ1) is 36.6. The van der Waals surface area contributed by atoms with Crippen LogP contribution in [0.25, 0.3) is 39.3 Å². The summed E-state index contributed by atoms with van der Waals surface area (Å²) in [6, 6.07) is 74.6. The van der Waals surface area contributed by atoms with Gasteiger partial charge in [0, 0.05) is 38.9 Å². The van der Waals surface area contributed by atoms with Crippen LogP contribution in [-0.2, 0) is 10.8 Å². The van der Waals surface area contributed by atoms with Crippen molar-refractivity contribution in [2.75, 3.05) is 9.80 Å². The summed E-state index contributed by atoms with van der Waals surface area (Å²) in [5, 5.41) is 5.38. The van der Waals surface area contributed by atoms with Crippen molar-refractivity contribution in [2.45, 2.75) is 38.5 Å². The lowest BCUT2D eigenvalue weighted by Crippen LogP contribution is -2.32. The monoisotopic (exact) mass is 786 g/mol. The van der Waals surface area contributed by atoms with Crippen molar-refractivity contribution >= 4 is 34.1 Å². The van der Waals surface area contributed by atoms with Crippen molar-refractivity contribution in [3.63, 3.8) is 0 Å². The van der Waals surface area contributed by atoms with Gasteiger partial charge in [-0.05, 0) is 88.5 Å². The minimum absolute atomic E-state index is 0.122. The first-order valence-corrected chi connectivity index (χ1v) is 21.2. The quantitative estimate of drug-likeness (QED) is 0.168. The van der Waals surface area contributed by atoms with Gasteiger partial charge in [-0.15, -0.1) is 0 Å². The summed E-state index contributed by atoms with van der Waals surface area (Å²) in [6.07, 6.45) is 0. The largest absolute Gasteiger partial charge is 0.310 e. The van der Waals surface area contributed by atoms with E-state index >= 15 is 0 Å². The molecule has 0 atom stereocenters. The van der Waals surface area contributed by atoms with Crippen LogP contribution in [0.15, 0.2) is 206 Å². The van der Waals surface area contributed by atoms with Gasteiger partial charge in [0.15, 0.2) is 0 Å². The van der Waals surface area contributed by atoms with Crippen molar-refractivity contribution in [3.05, 3.63) is 229 Å². The first-order chi connectivity index (χ1) is 29.8. The van der Waals surface area contributed by atoms with Gasteiger partial charge in [-0.1, -0.05) is 173 Å². The smallest absolute Gasteiger partial charge is 0.101 e. The third-order valence-electron chi connectivity index (χ3n) is 13.0. The van der Waals surface area contributed by atoms with Gasteiger partial charge in [-0.2, -0.15) is 5.10 Å². The molecular formula is C57H46N4. The van der Waals surface area contributed by atoms with E-state index in [4.69, 9.17) is 5.10 Å². The van der Waals surface area contributed by atoms with Crippen LogP contribution >= 0.6 is 0 Å². The Bertz CT molecular complexity index is 3020. The van der Waals surface area contributed by atoms with Crippen LogP contribution in [0.2, 0.25) is 0 Å². The fourth-order valence-corrected chi connectivity index (χ4v) is 9.94. The van der Waals surface area contributed by atoms with Crippen LogP contribution in [0.4, 0.5) is 34.1 Å². The van der Waals surface area contributed by atoms with Crippen LogP contribution in [0.1, 0.15) is 49.9 Å². The van der Waals surface area contributed by atoms with Gasteiger partial charge < -0.3 is 9.80 Å². The minimum Gasteiger partial charge on any atom is -0.310 e. The predicted octanol–water partition coefficient (Wildman–Crippen LogP) is 15.1. The molecule has 8 aromatic carbocycles. The second-order valence-corrected chi connectivity index (χ2v) is 17.3. The van der Waals surface area contributed by atoms with Crippen LogP contribution in [0, 0.1) is 0 Å². The highest BCUT2D eigenvalue weighted by atomic mass is 15.3. The molecule has 9 aromatic rings. The topological polar surface area (TPSA) is 24.3 Å². The molecule has 0 aliphatic carbocycles. The molecule has 0 amide bonds. The average Bonchev–Trinajstić information content (AvgIpc) is 3.71. The third-order valence-corrected chi connectivity index (χ3v) is 13.0. The van der Waals surface area contributed by atoms with E-state index in [1.807, 2.05) is 0 Å². The Morgan fingerprint density at radius 3 is 1.33 bits per heavy atom. The molecule has 4 heteroatoms. The molecule has 0 unspecified atom stereocenters. The average molecular weight is 787 g/mol. The molecule has 0 radical (unpaired) electrons. The molecule has 61 heavy (non-hydrogen) atoms. The zero-order chi connectivity index (χ0) is 41.3. The lowest BCUT2D eigenvalue weighted by atomic mass is 9.72. The van der Waals surface area contributed by atoms with Gasteiger partial charge in [0.05, 0.1) is 34.1 Å². The molecule has 2 aliphatic heterocycles. The van der Waals surface area contributed by atoms with Crippen LogP contribution < -0.4 is 9.80 Å². The maximum atomic E-state index is 5.38. The maximum Gasteiger partial charge on any atom is 0.101 e. The van der Waals surface area contributed by atoms with Gasteiger partial charge >= 0.3 is 0 Å². The summed E-state index contributed by atoms with van der Waals surface area (Å²) >= 11 is 0. The van der Waals surface area contributed by atoms with Crippen molar-refractivity contribution < 1.29 is 0 Å². The van der Waals surface area contributed by atoms with Crippen LogP contribution in [0.3, 0.4) is 0 Å². The molecule has 0 fully saturated rings. The Morgan fingerprint density at radius 2 is 0.770 bits per heavy atom. The molecule has 3 heterocycles. The maximum absolute atomic E-state index is 5.38. The number of anilines is 6. The Morgan fingerprint density at radius 1 is 0.344 bits per heavy atom. The Labute approximate surface area is 358 Å². The van der Waals surface area contributed by atoms with E-state index in [0.717, 1.165) is 50.7 Å². The van der Waals surface area contributed by atoms with Crippen LogP contribution in [0.5, 0.6) is 0 Å². The molecule has 11 rings (SSSR count). The van der Waals surface area contributed by atoms with E-state index in [9.17, 15) is 0 Å². The number of aromatic nitrogens is 2. The van der Waals surface area contributed by atoms with Crippen molar-refractivity contribution in [1.29, 1.82) is 0 Å². The number of para-hydroxylation sites is 4. The lowest BCUT2D eigenvalue weighted by Gasteiger charge is -2.44. The molecule has 0 bridgehead atoms. The third kappa shape index (κ3) is 5.78. The molecule has 0 saturated carbocycles. The molecular weight excluding hydrogens is 741 g/mol. The SMILES string of the molecule is CC1(C)c2ccccc2N(c2ccc3c(c2)C(C)(C)c2ccccc2N3c2ccc(-c3c(-c4ccccc4)nn(-c4ccccc4)c3-c3ccccc3)cc2)c2ccccc21. The van der Waals surface area contributed by atoms with Crippen molar-refractivity contribution in [1.82, 2.24) is 9.78 Å². The number of rotatable bonds is 6. The van der Waals surface area contributed by atoms with Gasteiger partial charge in [-0.3, -0.25) is 0 Å². The van der Waals surface area contributed by atoms with E-state index in [2.05, 4.69) is 248 Å². The van der Waals surface area contributed by atoms with Crippen molar-refractivity contribution in [2.24, 2.45) is 0 Å². The van der Waals surface area contributed by atoms with E-state index in [1.54, 1.807) is 0 Å². The van der Waals surface area contributed by atoms with Gasteiger partial charge in [-0.25, -0.2) is 4.68 Å². The summed E-state index contributed by atoms with van der Waals surface area (Å²) < 4.78 is 2.11. The minimum atomic E-state index is -0.256. The fourth-order valence-electron chi connectivity index (χ4n) is 9.94. The summed E-state index contributed by atoms with van der Waals surface area (Å²) in [6.45, 7) is 9.43. The molecule has 294 valence electrons. The summed E-state index contributed by atoms with van der Waals surface area (Å²) in [4.78, 5) is 4.92. The highest BCUT2D eigenvalue weighted by Gasteiger charge is 2.40. The first-order valence-electron chi connectivity index (χ1n) is 21.2. The number of hydrogen-bond acceptors (Lipinski definition) is 3. The highest BCUT2D eigenvalue weighted by molar-refractivity contribution is 5.95. The molecule has 0 saturated heterocycles. The summed E-state index contributed by atoms with van der Waals surface area (Å²) in [5.41, 5.74) is 19.4. The molecule has 0 N–H and O–H groups in total. The number of nitrogens with zero attached hydrogens (tertiary/aromatic N) is 4. The van der Waals surface area contributed by atoms with E-state index < -0.39 is 0 Å². The zero-order valence-corrected chi connectivity index (χ0v) is 34.9. The van der Waals surface area contributed by atoms with Gasteiger partial charge in [0.25, 0.3) is 0 Å². The van der Waals surface area contributed by atoms with Gasteiger partial charge in [0.2, 0.25) is 0 Å². The normalized spacial score (nSPS) is 14.4. The Kier molecular flexibility index (Phi) is 8.47. The molecule has 4 nitrogen and oxygen atoms in total. The zero-order valence-electron chi connectivity index (χ0n) is 34.9. The Balaban J connectivity index is 1.08. The number of fused-ring (bicyclic) bond motifs is 4. The summed E-state index contributed by atoms with van der Waals surface area (Å²) in [5.74, 6) is 0. The molecule has 1 aromatic heterocycles. The second kappa shape index (κ2) is 14.1. The van der Waals surface area contributed by atoms with Gasteiger partial charge in [0.1, 0.15) is 5.69 Å². The number of benzene rings is 8. The molecule has 0 spiro atoms.